The molecule has 1 N–H and O–H groups in total. The Balaban J connectivity index is 1.86. The lowest BCUT2D eigenvalue weighted by Gasteiger charge is -2.14. The van der Waals surface area contributed by atoms with Crippen LogP contribution in [0.3, 0.4) is 0 Å². The zero-order valence-electron chi connectivity index (χ0n) is 11.5. The van der Waals surface area contributed by atoms with Gasteiger partial charge in [-0.1, -0.05) is 37.3 Å². The zero-order valence-corrected chi connectivity index (χ0v) is 13.6. The maximum Gasteiger partial charge on any atom is 0.0370 e. The molecule has 100 valence electrons. The highest BCUT2D eigenvalue weighted by molar-refractivity contribution is 14.1. The van der Waals surface area contributed by atoms with Gasteiger partial charge in [-0.2, -0.15) is 0 Å². The van der Waals surface area contributed by atoms with Crippen LogP contribution in [0.4, 0.5) is 5.69 Å². The third-order valence-corrected chi connectivity index (χ3v) is 4.12. The Morgan fingerprint density at radius 1 is 1.11 bits per heavy atom. The van der Waals surface area contributed by atoms with Crippen LogP contribution < -0.4 is 5.32 Å². The lowest BCUT2D eigenvalue weighted by molar-refractivity contribution is 0.706. The second-order valence-corrected chi connectivity index (χ2v) is 6.23. The van der Waals surface area contributed by atoms with Crippen LogP contribution in [0.1, 0.15) is 30.4 Å². The van der Waals surface area contributed by atoms with Crippen LogP contribution in [0.5, 0.6) is 0 Å². The molecular formula is C17H20IN. The van der Waals surface area contributed by atoms with Crippen molar-refractivity contribution in [2.24, 2.45) is 0 Å². The molecule has 2 aromatic rings. The van der Waals surface area contributed by atoms with E-state index in [4.69, 9.17) is 0 Å². The number of anilines is 1. The van der Waals surface area contributed by atoms with Crippen molar-refractivity contribution in [1.82, 2.24) is 0 Å². The Bertz CT molecular complexity index is 522. The fraction of sp³-hybridized carbons (Fsp3) is 0.294. The SMILES string of the molecule is Cc1cc(I)ccc1NCCC(C)c1ccccc1. The van der Waals surface area contributed by atoms with Crippen LogP contribution in [0.25, 0.3) is 0 Å². The molecule has 0 bridgehead atoms. The summed E-state index contributed by atoms with van der Waals surface area (Å²) in [6.45, 7) is 5.46. The zero-order chi connectivity index (χ0) is 13.7. The van der Waals surface area contributed by atoms with Gasteiger partial charge < -0.3 is 5.32 Å². The largest absolute Gasteiger partial charge is 0.385 e. The molecule has 0 radical (unpaired) electrons. The minimum atomic E-state index is 0.595. The highest BCUT2D eigenvalue weighted by Crippen LogP contribution is 2.21. The average molecular weight is 365 g/mol. The Kier molecular flexibility index (Phi) is 5.25. The number of benzene rings is 2. The fourth-order valence-corrected chi connectivity index (χ4v) is 2.84. The quantitative estimate of drug-likeness (QED) is 0.718. The molecule has 2 heteroatoms. The predicted octanol–water partition coefficient (Wildman–Crippen LogP) is 5.21. The fourth-order valence-electron chi connectivity index (χ4n) is 2.20. The van der Waals surface area contributed by atoms with E-state index in [-0.39, 0.29) is 0 Å². The molecule has 0 amide bonds. The summed E-state index contributed by atoms with van der Waals surface area (Å²) in [5, 5.41) is 3.54. The monoisotopic (exact) mass is 365 g/mol. The molecule has 0 aliphatic carbocycles. The number of hydrogen-bond acceptors (Lipinski definition) is 1. The van der Waals surface area contributed by atoms with Crippen LogP contribution in [0, 0.1) is 10.5 Å². The lowest BCUT2D eigenvalue weighted by Crippen LogP contribution is -2.07. The Morgan fingerprint density at radius 2 is 1.84 bits per heavy atom. The third kappa shape index (κ3) is 4.23. The minimum absolute atomic E-state index is 0.595. The van der Waals surface area contributed by atoms with Crippen LogP contribution in [0.15, 0.2) is 48.5 Å². The van der Waals surface area contributed by atoms with Gasteiger partial charge >= 0.3 is 0 Å². The first-order valence-electron chi connectivity index (χ1n) is 6.72. The highest BCUT2D eigenvalue weighted by Gasteiger charge is 2.05. The predicted molar refractivity (Wildman–Crippen MR) is 91.9 cm³/mol. The van der Waals surface area contributed by atoms with Crippen molar-refractivity contribution in [2.75, 3.05) is 11.9 Å². The number of aryl methyl sites for hydroxylation is 1. The van der Waals surface area contributed by atoms with E-state index in [0.717, 1.165) is 13.0 Å². The van der Waals surface area contributed by atoms with Crippen molar-refractivity contribution in [1.29, 1.82) is 0 Å². The molecule has 2 aromatic carbocycles. The molecule has 0 aliphatic heterocycles. The van der Waals surface area contributed by atoms with Crippen molar-refractivity contribution >= 4 is 28.3 Å². The van der Waals surface area contributed by atoms with Crippen molar-refractivity contribution in [2.45, 2.75) is 26.2 Å². The summed E-state index contributed by atoms with van der Waals surface area (Å²) in [4.78, 5) is 0. The van der Waals surface area contributed by atoms with Gasteiger partial charge in [0.2, 0.25) is 0 Å². The van der Waals surface area contributed by atoms with Crippen LogP contribution >= 0.6 is 22.6 Å². The summed E-state index contributed by atoms with van der Waals surface area (Å²) in [6.07, 6.45) is 1.15. The second-order valence-electron chi connectivity index (χ2n) is 4.99. The first kappa shape index (κ1) is 14.4. The van der Waals surface area contributed by atoms with Gasteiger partial charge in [0.25, 0.3) is 0 Å². The van der Waals surface area contributed by atoms with E-state index in [0.29, 0.717) is 5.92 Å². The van der Waals surface area contributed by atoms with Crippen molar-refractivity contribution in [3.63, 3.8) is 0 Å². The molecule has 0 fully saturated rings. The summed E-state index contributed by atoms with van der Waals surface area (Å²) in [6, 6.07) is 17.3. The maximum absolute atomic E-state index is 3.54. The molecule has 0 saturated heterocycles. The summed E-state index contributed by atoms with van der Waals surface area (Å²) < 4.78 is 1.29. The minimum Gasteiger partial charge on any atom is -0.385 e. The average Bonchev–Trinajstić information content (AvgIpc) is 2.42. The van der Waals surface area contributed by atoms with Crippen molar-refractivity contribution in [3.05, 3.63) is 63.2 Å². The van der Waals surface area contributed by atoms with Gasteiger partial charge in [-0.05, 0) is 71.2 Å². The second kappa shape index (κ2) is 6.94. The van der Waals surface area contributed by atoms with E-state index in [1.165, 1.54) is 20.4 Å². The molecule has 2 rings (SSSR count). The smallest absolute Gasteiger partial charge is 0.0370 e. The van der Waals surface area contributed by atoms with Crippen LogP contribution in [-0.2, 0) is 0 Å². The van der Waals surface area contributed by atoms with Crippen molar-refractivity contribution < 1.29 is 0 Å². The van der Waals surface area contributed by atoms with Gasteiger partial charge in [0.15, 0.2) is 0 Å². The van der Waals surface area contributed by atoms with Gasteiger partial charge in [-0.25, -0.2) is 0 Å². The molecular weight excluding hydrogens is 345 g/mol. The molecule has 0 spiro atoms. The summed E-state index contributed by atoms with van der Waals surface area (Å²) >= 11 is 2.35. The lowest BCUT2D eigenvalue weighted by atomic mass is 9.98. The van der Waals surface area contributed by atoms with Gasteiger partial charge in [0, 0.05) is 15.8 Å². The number of halogens is 1. The van der Waals surface area contributed by atoms with Gasteiger partial charge in [0.05, 0.1) is 0 Å². The first-order chi connectivity index (χ1) is 9.16. The van der Waals surface area contributed by atoms with Gasteiger partial charge in [0.1, 0.15) is 0 Å². The molecule has 19 heavy (non-hydrogen) atoms. The molecule has 0 heterocycles. The third-order valence-electron chi connectivity index (χ3n) is 3.45. The van der Waals surface area contributed by atoms with Gasteiger partial charge in [-0.15, -0.1) is 0 Å². The highest BCUT2D eigenvalue weighted by atomic mass is 127. The first-order valence-corrected chi connectivity index (χ1v) is 7.79. The van der Waals surface area contributed by atoms with E-state index in [2.05, 4.69) is 90.3 Å². The summed E-state index contributed by atoms with van der Waals surface area (Å²) in [7, 11) is 0. The van der Waals surface area contributed by atoms with Crippen LogP contribution in [-0.4, -0.2) is 6.54 Å². The molecule has 0 aromatic heterocycles. The maximum atomic E-state index is 3.54. The number of hydrogen-bond donors (Lipinski definition) is 1. The Labute approximate surface area is 129 Å². The summed E-state index contributed by atoms with van der Waals surface area (Å²) in [5.41, 5.74) is 3.99. The van der Waals surface area contributed by atoms with Crippen LogP contribution in [0.2, 0.25) is 0 Å². The topological polar surface area (TPSA) is 12.0 Å². The Morgan fingerprint density at radius 3 is 2.53 bits per heavy atom. The van der Waals surface area contributed by atoms with E-state index in [1.54, 1.807) is 0 Å². The van der Waals surface area contributed by atoms with E-state index in [1.807, 2.05) is 0 Å². The standard InChI is InChI=1S/C17H20IN/c1-13(15-6-4-3-5-7-15)10-11-19-17-9-8-16(18)12-14(17)2/h3-9,12-13,19H,10-11H2,1-2H3. The normalized spacial score (nSPS) is 12.2. The summed E-state index contributed by atoms with van der Waals surface area (Å²) in [5.74, 6) is 0.595. The molecule has 0 saturated carbocycles. The van der Waals surface area contributed by atoms with E-state index < -0.39 is 0 Å². The van der Waals surface area contributed by atoms with Gasteiger partial charge in [-0.3, -0.25) is 0 Å². The van der Waals surface area contributed by atoms with E-state index in [9.17, 15) is 0 Å². The molecule has 0 aliphatic rings. The van der Waals surface area contributed by atoms with Crippen molar-refractivity contribution in [3.8, 4) is 0 Å². The number of rotatable bonds is 5. The molecule has 1 nitrogen and oxygen atoms in total. The molecule has 1 atom stereocenters. The number of nitrogens with one attached hydrogen (secondary N) is 1. The Hall–Kier alpha value is -1.03. The molecule has 1 unspecified atom stereocenters. The van der Waals surface area contributed by atoms with E-state index >= 15 is 0 Å².